The van der Waals surface area contributed by atoms with Crippen LogP contribution in [0.15, 0.2) is 77.0 Å². The highest BCUT2D eigenvalue weighted by Crippen LogP contribution is 2.30. The van der Waals surface area contributed by atoms with Crippen LogP contribution in [-0.2, 0) is 11.3 Å². The highest BCUT2D eigenvalue weighted by molar-refractivity contribution is 5.55. The van der Waals surface area contributed by atoms with Crippen LogP contribution in [0.1, 0.15) is 29.5 Å². The standard InChI is InChI=1S/C25H27N3O4/c1-19-16-24(32-15-7-6-14-31-18-21-8-4-3-5-9-21)17-20(2)25(19)27-26-22-10-12-23(13-11-22)28(29)30/h3-5,8-13,16-17H,6-7,14-15,18H2,1-2H3/b27-26+. The van der Waals surface area contributed by atoms with Gasteiger partial charge in [0, 0.05) is 18.7 Å². The second kappa shape index (κ2) is 11.7. The number of hydrogen-bond donors (Lipinski definition) is 0. The highest BCUT2D eigenvalue weighted by Gasteiger charge is 2.07. The van der Waals surface area contributed by atoms with Gasteiger partial charge in [0.25, 0.3) is 5.69 Å². The molecule has 7 nitrogen and oxygen atoms in total. The van der Waals surface area contributed by atoms with Gasteiger partial charge in [-0.3, -0.25) is 10.1 Å². The molecule has 0 N–H and O–H groups in total. The van der Waals surface area contributed by atoms with Crippen LogP contribution in [0, 0.1) is 24.0 Å². The maximum atomic E-state index is 10.7. The van der Waals surface area contributed by atoms with Crippen LogP contribution in [0.2, 0.25) is 0 Å². The normalized spacial score (nSPS) is 11.1. The minimum Gasteiger partial charge on any atom is -0.494 e. The van der Waals surface area contributed by atoms with Crippen molar-refractivity contribution in [1.29, 1.82) is 0 Å². The molecule has 0 radical (unpaired) electrons. The Bertz CT molecular complexity index is 1030. The molecule has 0 saturated carbocycles. The lowest BCUT2D eigenvalue weighted by Gasteiger charge is -2.11. The zero-order valence-electron chi connectivity index (χ0n) is 18.4. The lowest BCUT2D eigenvalue weighted by molar-refractivity contribution is -0.384. The summed E-state index contributed by atoms with van der Waals surface area (Å²) in [7, 11) is 0. The van der Waals surface area contributed by atoms with E-state index in [9.17, 15) is 10.1 Å². The molecule has 166 valence electrons. The second-order valence-electron chi connectivity index (χ2n) is 7.47. The number of benzene rings is 3. The number of nitrogens with zero attached hydrogens (tertiary/aromatic N) is 3. The van der Waals surface area contributed by atoms with Crippen molar-refractivity contribution in [2.75, 3.05) is 13.2 Å². The summed E-state index contributed by atoms with van der Waals surface area (Å²) in [5.74, 6) is 0.805. The fourth-order valence-corrected chi connectivity index (χ4v) is 3.17. The summed E-state index contributed by atoms with van der Waals surface area (Å²) in [6.07, 6.45) is 1.85. The van der Waals surface area contributed by atoms with Gasteiger partial charge in [-0.1, -0.05) is 30.3 Å². The Labute approximate surface area is 187 Å². The largest absolute Gasteiger partial charge is 0.494 e. The zero-order valence-corrected chi connectivity index (χ0v) is 18.4. The van der Waals surface area contributed by atoms with Gasteiger partial charge in [-0.05, 0) is 67.6 Å². The fraction of sp³-hybridized carbons (Fsp3) is 0.280. The van der Waals surface area contributed by atoms with E-state index < -0.39 is 4.92 Å². The van der Waals surface area contributed by atoms with Crippen molar-refractivity contribution in [2.45, 2.75) is 33.3 Å². The minimum absolute atomic E-state index is 0.0283. The Morgan fingerprint density at radius 2 is 1.53 bits per heavy atom. The van der Waals surface area contributed by atoms with Crippen LogP contribution in [0.25, 0.3) is 0 Å². The molecule has 0 amide bonds. The van der Waals surface area contributed by atoms with E-state index in [4.69, 9.17) is 9.47 Å². The second-order valence-corrected chi connectivity index (χ2v) is 7.47. The van der Waals surface area contributed by atoms with E-state index in [2.05, 4.69) is 22.4 Å². The number of unbranched alkanes of at least 4 members (excludes halogenated alkanes) is 1. The fourth-order valence-electron chi connectivity index (χ4n) is 3.17. The topological polar surface area (TPSA) is 86.3 Å². The summed E-state index contributed by atoms with van der Waals surface area (Å²) in [5, 5.41) is 19.3. The van der Waals surface area contributed by atoms with Crippen molar-refractivity contribution >= 4 is 17.1 Å². The van der Waals surface area contributed by atoms with Gasteiger partial charge in [0.15, 0.2) is 0 Å². The van der Waals surface area contributed by atoms with Gasteiger partial charge in [-0.2, -0.15) is 10.2 Å². The van der Waals surface area contributed by atoms with Crippen molar-refractivity contribution in [2.24, 2.45) is 10.2 Å². The van der Waals surface area contributed by atoms with Gasteiger partial charge in [0.2, 0.25) is 0 Å². The Kier molecular flexibility index (Phi) is 8.45. The van der Waals surface area contributed by atoms with Gasteiger partial charge in [0.1, 0.15) is 5.75 Å². The number of azo groups is 1. The maximum Gasteiger partial charge on any atom is 0.269 e. The Hall–Kier alpha value is -3.58. The average molecular weight is 434 g/mol. The lowest BCUT2D eigenvalue weighted by Crippen LogP contribution is -2.01. The Morgan fingerprint density at radius 1 is 0.875 bits per heavy atom. The number of nitro groups is 1. The van der Waals surface area contributed by atoms with E-state index >= 15 is 0 Å². The predicted octanol–water partition coefficient (Wildman–Crippen LogP) is 7.00. The van der Waals surface area contributed by atoms with E-state index in [0.29, 0.717) is 25.5 Å². The zero-order chi connectivity index (χ0) is 22.8. The van der Waals surface area contributed by atoms with Crippen LogP contribution >= 0.6 is 0 Å². The molecule has 0 spiro atoms. The molecule has 0 aliphatic rings. The van der Waals surface area contributed by atoms with Crippen molar-refractivity contribution < 1.29 is 14.4 Å². The maximum absolute atomic E-state index is 10.7. The third-order valence-corrected chi connectivity index (χ3v) is 4.85. The van der Waals surface area contributed by atoms with Gasteiger partial charge < -0.3 is 9.47 Å². The summed E-state index contributed by atoms with van der Waals surface area (Å²) in [6, 6.07) is 20.0. The van der Waals surface area contributed by atoms with Gasteiger partial charge in [-0.25, -0.2) is 0 Å². The molecular formula is C25H27N3O4. The molecular weight excluding hydrogens is 406 g/mol. The molecule has 0 saturated heterocycles. The lowest BCUT2D eigenvalue weighted by atomic mass is 10.1. The predicted molar refractivity (Wildman–Crippen MR) is 124 cm³/mol. The summed E-state index contributed by atoms with van der Waals surface area (Å²) in [6.45, 7) is 5.88. The van der Waals surface area contributed by atoms with Crippen LogP contribution in [-0.4, -0.2) is 18.1 Å². The molecule has 32 heavy (non-hydrogen) atoms. The molecule has 0 aliphatic carbocycles. The van der Waals surface area contributed by atoms with Crippen LogP contribution in [0.3, 0.4) is 0 Å². The molecule has 0 fully saturated rings. The number of rotatable bonds is 11. The van der Waals surface area contributed by atoms with Gasteiger partial charge >= 0.3 is 0 Å². The first-order valence-electron chi connectivity index (χ1n) is 10.5. The number of nitro benzene ring substituents is 1. The van der Waals surface area contributed by atoms with Crippen molar-refractivity contribution in [3.8, 4) is 5.75 Å². The molecule has 0 atom stereocenters. The molecule has 0 aliphatic heterocycles. The molecule has 7 heteroatoms. The molecule has 0 heterocycles. The van der Waals surface area contributed by atoms with E-state index in [1.165, 1.54) is 17.7 Å². The van der Waals surface area contributed by atoms with Crippen molar-refractivity contribution in [3.63, 3.8) is 0 Å². The van der Waals surface area contributed by atoms with E-state index in [-0.39, 0.29) is 5.69 Å². The van der Waals surface area contributed by atoms with Crippen LogP contribution in [0.4, 0.5) is 17.1 Å². The summed E-state index contributed by atoms with van der Waals surface area (Å²) in [5.41, 5.74) is 4.45. The minimum atomic E-state index is -0.439. The Balaban J connectivity index is 1.45. The van der Waals surface area contributed by atoms with E-state index in [1.807, 2.05) is 44.2 Å². The summed E-state index contributed by atoms with van der Waals surface area (Å²) < 4.78 is 11.6. The molecule has 0 aromatic heterocycles. The highest BCUT2D eigenvalue weighted by atomic mass is 16.6. The van der Waals surface area contributed by atoms with E-state index in [1.54, 1.807) is 12.1 Å². The first kappa shape index (κ1) is 23.1. The average Bonchev–Trinajstić information content (AvgIpc) is 2.79. The van der Waals surface area contributed by atoms with E-state index in [0.717, 1.165) is 35.4 Å². The molecule has 0 unspecified atom stereocenters. The monoisotopic (exact) mass is 433 g/mol. The first-order chi connectivity index (χ1) is 15.5. The Morgan fingerprint density at radius 3 is 2.19 bits per heavy atom. The van der Waals surface area contributed by atoms with Gasteiger partial charge in [-0.15, -0.1) is 0 Å². The van der Waals surface area contributed by atoms with Crippen LogP contribution in [0.5, 0.6) is 5.75 Å². The smallest absolute Gasteiger partial charge is 0.269 e. The molecule has 3 aromatic rings. The number of non-ortho nitro benzene ring substituents is 1. The molecule has 3 aromatic carbocycles. The van der Waals surface area contributed by atoms with Crippen molar-refractivity contribution in [3.05, 3.63) is 93.5 Å². The third kappa shape index (κ3) is 6.99. The number of hydrogen-bond acceptors (Lipinski definition) is 6. The SMILES string of the molecule is Cc1cc(OCCCCOCc2ccccc2)cc(C)c1/N=N/c1ccc([N+](=O)[O-])cc1. The summed E-state index contributed by atoms with van der Waals surface area (Å²) >= 11 is 0. The molecule has 0 bridgehead atoms. The first-order valence-corrected chi connectivity index (χ1v) is 10.5. The number of aryl methyl sites for hydroxylation is 2. The number of ether oxygens (including phenoxy) is 2. The summed E-state index contributed by atoms with van der Waals surface area (Å²) in [4.78, 5) is 10.3. The van der Waals surface area contributed by atoms with Crippen molar-refractivity contribution in [1.82, 2.24) is 0 Å². The molecule has 3 rings (SSSR count). The van der Waals surface area contributed by atoms with Crippen LogP contribution < -0.4 is 4.74 Å². The van der Waals surface area contributed by atoms with Gasteiger partial charge in [0.05, 0.1) is 29.5 Å². The third-order valence-electron chi connectivity index (χ3n) is 4.85. The quantitative estimate of drug-likeness (QED) is 0.141.